The summed E-state index contributed by atoms with van der Waals surface area (Å²) in [6.45, 7) is 9.99. The summed E-state index contributed by atoms with van der Waals surface area (Å²) in [5.41, 5.74) is 0.350. The van der Waals surface area contributed by atoms with Crippen LogP contribution in [0.4, 0.5) is 0 Å². The molecule has 0 N–H and O–H groups in total. The fourth-order valence-corrected chi connectivity index (χ4v) is 1.97. The summed E-state index contributed by atoms with van der Waals surface area (Å²) in [6.07, 6.45) is 1.55. The van der Waals surface area contributed by atoms with Crippen molar-refractivity contribution < 1.29 is 9.22 Å². The van der Waals surface area contributed by atoms with Gasteiger partial charge in [-0.15, -0.1) is 0 Å². The van der Waals surface area contributed by atoms with Gasteiger partial charge in [0.25, 0.3) is 0 Å². The standard InChI is InChI=1S/C10H20O2Si/c1-8(11)6-9(2)12-13-7-10(3,4)5/h6H,7,13H2,1-5H3. The molecule has 0 fully saturated rings. The third-order valence-corrected chi connectivity index (χ3v) is 3.95. The van der Waals surface area contributed by atoms with Crippen molar-refractivity contribution in [2.75, 3.05) is 0 Å². The van der Waals surface area contributed by atoms with Gasteiger partial charge in [-0.3, -0.25) is 4.79 Å². The summed E-state index contributed by atoms with van der Waals surface area (Å²) < 4.78 is 5.51. The molecule has 13 heavy (non-hydrogen) atoms. The summed E-state index contributed by atoms with van der Waals surface area (Å²) in [5, 5.41) is 0. The maximum Gasteiger partial charge on any atom is 0.219 e. The Morgan fingerprint density at radius 3 is 2.31 bits per heavy atom. The van der Waals surface area contributed by atoms with Gasteiger partial charge in [0.05, 0.1) is 5.76 Å². The van der Waals surface area contributed by atoms with Crippen molar-refractivity contribution >= 4 is 15.5 Å². The summed E-state index contributed by atoms with van der Waals surface area (Å²) in [6, 6.07) is 1.14. The molecule has 0 aliphatic rings. The van der Waals surface area contributed by atoms with E-state index in [0.29, 0.717) is 5.41 Å². The van der Waals surface area contributed by atoms with Crippen molar-refractivity contribution in [1.82, 2.24) is 0 Å². The second-order valence-corrected chi connectivity index (χ2v) is 5.72. The summed E-state index contributed by atoms with van der Waals surface area (Å²) in [4.78, 5) is 10.7. The van der Waals surface area contributed by atoms with Gasteiger partial charge in [0.15, 0.2) is 5.78 Å². The van der Waals surface area contributed by atoms with Crippen LogP contribution in [0, 0.1) is 5.41 Å². The molecule has 0 aromatic carbocycles. The second-order valence-electron chi connectivity index (χ2n) is 4.52. The van der Waals surface area contributed by atoms with Gasteiger partial charge in [-0.25, -0.2) is 0 Å². The van der Waals surface area contributed by atoms with Crippen LogP contribution in [-0.2, 0) is 9.22 Å². The minimum Gasteiger partial charge on any atom is -0.552 e. The normalized spacial score (nSPS) is 13.8. The smallest absolute Gasteiger partial charge is 0.219 e. The van der Waals surface area contributed by atoms with Crippen molar-refractivity contribution in [1.29, 1.82) is 0 Å². The van der Waals surface area contributed by atoms with Gasteiger partial charge in [0.1, 0.15) is 0 Å². The van der Waals surface area contributed by atoms with Gasteiger partial charge in [0, 0.05) is 6.08 Å². The second kappa shape index (κ2) is 5.22. The first kappa shape index (κ1) is 12.4. The molecule has 2 nitrogen and oxygen atoms in total. The van der Waals surface area contributed by atoms with Gasteiger partial charge in [-0.2, -0.15) is 0 Å². The van der Waals surface area contributed by atoms with E-state index in [1.807, 2.05) is 6.92 Å². The Labute approximate surface area is 83.3 Å². The topological polar surface area (TPSA) is 26.3 Å². The number of hydrogen-bond donors (Lipinski definition) is 0. The predicted octanol–water partition coefficient (Wildman–Crippen LogP) is 2.04. The molecular formula is C10H20O2Si. The average molecular weight is 200 g/mol. The van der Waals surface area contributed by atoms with Gasteiger partial charge in [0.2, 0.25) is 9.76 Å². The molecule has 0 aliphatic carbocycles. The quantitative estimate of drug-likeness (QED) is 0.394. The number of rotatable bonds is 4. The minimum atomic E-state index is -0.504. The van der Waals surface area contributed by atoms with Crippen LogP contribution in [0.25, 0.3) is 0 Å². The van der Waals surface area contributed by atoms with Gasteiger partial charge < -0.3 is 4.43 Å². The van der Waals surface area contributed by atoms with Crippen LogP contribution >= 0.6 is 0 Å². The zero-order chi connectivity index (χ0) is 10.5. The fraction of sp³-hybridized carbons (Fsp3) is 0.700. The van der Waals surface area contributed by atoms with Crippen LogP contribution in [0.3, 0.4) is 0 Å². The highest BCUT2D eigenvalue weighted by Gasteiger charge is 2.10. The van der Waals surface area contributed by atoms with Crippen molar-refractivity contribution in [3.05, 3.63) is 11.8 Å². The highest BCUT2D eigenvalue weighted by atomic mass is 28.2. The molecule has 0 amide bonds. The first-order valence-corrected chi connectivity index (χ1v) is 6.21. The monoisotopic (exact) mass is 200 g/mol. The van der Waals surface area contributed by atoms with E-state index in [-0.39, 0.29) is 5.78 Å². The Kier molecular flexibility index (Phi) is 4.99. The number of allylic oxidation sites excluding steroid dienone is 2. The van der Waals surface area contributed by atoms with Gasteiger partial charge >= 0.3 is 0 Å². The molecule has 0 unspecified atom stereocenters. The lowest BCUT2D eigenvalue weighted by Crippen LogP contribution is -2.10. The zero-order valence-electron chi connectivity index (χ0n) is 9.31. The summed E-state index contributed by atoms with van der Waals surface area (Å²) in [7, 11) is -0.504. The lowest BCUT2D eigenvalue weighted by atomic mass is 10.0. The lowest BCUT2D eigenvalue weighted by Gasteiger charge is -2.17. The molecule has 0 aliphatic heterocycles. The third-order valence-electron chi connectivity index (χ3n) is 1.59. The summed E-state index contributed by atoms with van der Waals surface area (Å²) in [5.74, 6) is 0.825. The maximum absolute atomic E-state index is 10.7. The Hall–Kier alpha value is -0.573. The molecule has 0 aromatic rings. The van der Waals surface area contributed by atoms with Crippen LogP contribution in [0.15, 0.2) is 11.8 Å². The van der Waals surface area contributed by atoms with E-state index < -0.39 is 9.76 Å². The highest BCUT2D eigenvalue weighted by Crippen LogP contribution is 2.18. The van der Waals surface area contributed by atoms with E-state index in [4.69, 9.17) is 4.43 Å². The average Bonchev–Trinajstić information content (AvgIpc) is 1.81. The molecule has 0 saturated heterocycles. The van der Waals surface area contributed by atoms with Crippen molar-refractivity contribution in [2.45, 2.75) is 40.7 Å². The molecule has 0 spiro atoms. The molecule has 0 radical (unpaired) electrons. The molecule has 0 bridgehead atoms. The van der Waals surface area contributed by atoms with Crippen LogP contribution in [0.5, 0.6) is 0 Å². The van der Waals surface area contributed by atoms with E-state index in [0.717, 1.165) is 11.8 Å². The Balaban J connectivity index is 3.72. The number of carbonyl (C=O) groups is 1. The number of carbonyl (C=O) groups excluding carboxylic acids is 1. The molecule has 0 heterocycles. The Morgan fingerprint density at radius 2 is 1.92 bits per heavy atom. The fourth-order valence-electron chi connectivity index (χ4n) is 0.846. The maximum atomic E-state index is 10.7. The highest BCUT2D eigenvalue weighted by molar-refractivity contribution is 6.27. The third kappa shape index (κ3) is 9.34. The van der Waals surface area contributed by atoms with Crippen molar-refractivity contribution in [3.8, 4) is 0 Å². The molecule has 0 rings (SSSR count). The van der Waals surface area contributed by atoms with E-state index >= 15 is 0 Å². The van der Waals surface area contributed by atoms with Gasteiger partial charge in [-0.05, 0) is 25.3 Å². The van der Waals surface area contributed by atoms with Crippen LogP contribution in [0.1, 0.15) is 34.6 Å². The van der Waals surface area contributed by atoms with E-state index in [2.05, 4.69) is 20.8 Å². The number of ketones is 1. The first-order chi connectivity index (χ1) is 5.81. The largest absolute Gasteiger partial charge is 0.552 e. The minimum absolute atomic E-state index is 0.0576. The van der Waals surface area contributed by atoms with Crippen molar-refractivity contribution in [2.24, 2.45) is 5.41 Å². The SMILES string of the molecule is CC(=O)C=C(C)O[SiH2]CC(C)(C)C. The van der Waals surface area contributed by atoms with Crippen LogP contribution in [-0.4, -0.2) is 15.5 Å². The molecular weight excluding hydrogens is 180 g/mol. The number of hydrogen-bond acceptors (Lipinski definition) is 2. The summed E-state index contributed by atoms with van der Waals surface area (Å²) >= 11 is 0. The van der Waals surface area contributed by atoms with E-state index in [1.165, 1.54) is 6.92 Å². The van der Waals surface area contributed by atoms with E-state index in [9.17, 15) is 4.79 Å². The van der Waals surface area contributed by atoms with Crippen molar-refractivity contribution in [3.63, 3.8) is 0 Å². The van der Waals surface area contributed by atoms with E-state index in [1.54, 1.807) is 6.08 Å². The van der Waals surface area contributed by atoms with Crippen LogP contribution < -0.4 is 0 Å². The molecule has 76 valence electrons. The molecule has 0 saturated carbocycles. The molecule has 3 heteroatoms. The Morgan fingerprint density at radius 1 is 1.38 bits per heavy atom. The zero-order valence-corrected chi connectivity index (χ0v) is 10.7. The molecule has 0 aromatic heterocycles. The predicted molar refractivity (Wildman–Crippen MR) is 58.3 cm³/mol. The first-order valence-electron chi connectivity index (χ1n) is 4.63. The Bertz CT molecular complexity index is 201. The van der Waals surface area contributed by atoms with Gasteiger partial charge in [-0.1, -0.05) is 20.8 Å². The van der Waals surface area contributed by atoms with Crippen LogP contribution in [0.2, 0.25) is 6.04 Å². The lowest BCUT2D eigenvalue weighted by molar-refractivity contribution is -0.112. The molecule has 0 atom stereocenters.